The molecule has 0 radical (unpaired) electrons. The fraction of sp³-hybridized carbons (Fsp3) is 0.306. The van der Waals surface area contributed by atoms with Crippen molar-refractivity contribution in [1.82, 2.24) is 4.57 Å². The van der Waals surface area contributed by atoms with E-state index in [0.717, 1.165) is 39.8 Å². The van der Waals surface area contributed by atoms with Crippen molar-refractivity contribution in [2.24, 2.45) is 5.92 Å². The Labute approximate surface area is 280 Å². The van der Waals surface area contributed by atoms with Crippen LogP contribution in [0.25, 0.3) is 0 Å². The van der Waals surface area contributed by atoms with E-state index in [1.54, 1.807) is 25.1 Å². The Bertz CT molecular complexity index is 1940. The largest absolute Gasteiger partial charge is 0.462 e. The van der Waals surface area contributed by atoms with Gasteiger partial charge in [-0.25, -0.2) is 9.69 Å². The predicted octanol–water partition coefficient (Wildman–Crippen LogP) is 6.13. The number of ether oxygens (including phenoxy) is 1. The molecule has 242 valence electrons. The van der Waals surface area contributed by atoms with Crippen LogP contribution < -0.4 is 15.1 Å². The zero-order chi connectivity index (χ0) is 33.6. The van der Waals surface area contributed by atoms with Gasteiger partial charge in [-0.1, -0.05) is 80.3 Å². The number of carbonyl (C=O) groups excluding carboxylic acids is 4. The minimum Gasteiger partial charge on any atom is -0.462 e. The molecule has 2 aliphatic rings. The van der Waals surface area contributed by atoms with Crippen molar-refractivity contribution in [2.45, 2.75) is 62.8 Å². The van der Waals surface area contributed by atoms with E-state index in [-0.39, 0.29) is 35.3 Å². The Morgan fingerprint density at radius 1 is 0.936 bits per heavy atom. The minimum absolute atomic E-state index is 0.0981. The number of nitrogens with zero attached hydrogens (tertiary/aromatic N) is 2. The van der Waals surface area contributed by atoms with E-state index in [4.69, 9.17) is 4.74 Å². The number of aromatic nitrogens is 1. The fourth-order valence-corrected chi connectivity index (χ4v) is 8.86. The van der Waals surface area contributed by atoms with Crippen molar-refractivity contribution in [3.05, 3.63) is 110 Å². The van der Waals surface area contributed by atoms with E-state index >= 15 is 0 Å². The molecule has 3 atom stereocenters. The molecule has 1 N–H and O–H groups in total. The topological polar surface area (TPSA) is 115 Å². The Balaban J connectivity index is 1.39. The van der Waals surface area contributed by atoms with E-state index in [0.29, 0.717) is 26.8 Å². The number of anilines is 2. The van der Waals surface area contributed by atoms with Gasteiger partial charge in [0.05, 0.1) is 28.8 Å². The average molecular weight is 670 g/mol. The van der Waals surface area contributed by atoms with E-state index in [9.17, 15) is 24.0 Å². The molecule has 1 fully saturated rings. The molecular formula is C36H35N3O6S2. The van der Waals surface area contributed by atoms with Gasteiger partial charge < -0.3 is 10.1 Å². The Morgan fingerprint density at radius 3 is 2.28 bits per heavy atom. The second-order valence-electron chi connectivity index (χ2n) is 12.7. The number of rotatable bonds is 7. The van der Waals surface area contributed by atoms with Crippen LogP contribution >= 0.6 is 23.1 Å². The first-order valence-corrected chi connectivity index (χ1v) is 17.1. The number of imide groups is 1. The summed E-state index contributed by atoms with van der Waals surface area (Å²) in [5.74, 6) is -3.01. The van der Waals surface area contributed by atoms with Crippen molar-refractivity contribution in [3.63, 3.8) is 0 Å². The first-order valence-electron chi connectivity index (χ1n) is 15.4. The Kier molecular flexibility index (Phi) is 8.71. The first-order chi connectivity index (χ1) is 22.4. The second-order valence-corrected chi connectivity index (χ2v) is 14.9. The average Bonchev–Trinajstić information content (AvgIpc) is 3.47. The number of benzene rings is 3. The molecule has 0 aliphatic carbocycles. The normalized spacial score (nSPS) is 18.9. The molecule has 47 heavy (non-hydrogen) atoms. The number of aryl methyl sites for hydroxylation is 1. The summed E-state index contributed by atoms with van der Waals surface area (Å²) in [6.07, 6.45) is 0. The van der Waals surface area contributed by atoms with Crippen LogP contribution in [0.2, 0.25) is 0 Å². The molecule has 2 aliphatic heterocycles. The highest BCUT2D eigenvalue weighted by Gasteiger charge is 2.56. The quantitative estimate of drug-likeness (QED) is 0.186. The monoisotopic (exact) mass is 669 g/mol. The number of hydrogen-bond acceptors (Lipinski definition) is 8. The van der Waals surface area contributed by atoms with Crippen LogP contribution in [0.15, 0.2) is 82.6 Å². The molecule has 3 heterocycles. The fourth-order valence-electron chi connectivity index (χ4n) is 6.09. The van der Waals surface area contributed by atoms with Crippen molar-refractivity contribution in [2.75, 3.05) is 16.8 Å². The maximum absolute atomic E-state index is 14.2. The van der Waals surface area contributed by atoms with Crippen LogP contribution in [0.3, 0.4) is 0 Å². The lowest BCUT2D eigenvalue weighted by Gasteiger charge is -2.31. The van der Waals surface area contributed by atoms with Crippen LogP contribution in [0.4, 0.5) is 11.4 Å². The van der Waals surface area contributed by atoms with E-state index in [1.807, 2.05) is 49.4 Å². The standard InChI is InChI=1S/C36H35N3O6S2/c1-6-45-34(43)22-12-16-25(17-13-22)39-31(41)28-27(21-10-14-23(15-11-21)36(3,4)5)30-33(46-29(28)32(39)42)38(35(44)47-30)19-26(40)37-24-9-7-8-20(2)18-24/h7-18,27-29H,6,19H2,1-5H3,(H,37,40)/t27-,28?,29?/m1/s1. The number of thiazole rings is 1. The number of nitrogens with one attached hydrogen (secondary N) is 1. The number of amides is 3. The highest BCUT2D eigenvalue weighted by Crippen LogP contribution is 2.54. The van der Waals surface area contributed by atoms with Gasteiger partial charge in [0.1, 0.15) is 11.8 Å². The molecule has 2 unspecified atom stereocenters. The molecular weight excluding hydrogens is 635 g/mol. The van der Waals surface area contributed by atoms with Crippen LogP contribution in [0.1, 0.15) is 65.5 Å². The molecule has 1 aromatic heterocycles. The summed E-state index contributed by atoms with van der Waals surface area (Å²) in [4.78, 5) is 68.7. The highest BCUT2D eigenvalue weighted by molar-refractivity contribution is 8.00. The van der Waals surface area contributed by atoms with Gasteiger partial charge in [0.15, 0.2) is 0 Å². The summed E-state index contributed by atoms with van der Waals surface area (Å²) in [5, 5.41) is 2.56. The lowest BCUT2D eigenvalue weighted by Crippen LogP contribution is -2.33. The molecule has 6 rings (SSSR count). The van der Waals surface area contributed by atoms with Gasteiger partial charge in [0, 0.05) is 16.5 Å². The molecule has 4 aromatic rings. The highest BCUT2D eigenvalue weighted by atomic mass is 32.2. The maximum atomic E-state index is 14.2. The van der Waals surface area contributed by atoms with Crippen LogP contribution in [-0.2, 0) is 31.1 Å². The van der Waals surface area contributed by atoms with Gasteiger partial charge in [0.2, 0.25) is 17.7 Å². The van der Waals surface area contributed by atoms with Gasteiger partial charge in [0.25, 0.3) is 0 Å². The lowest BCUT2D eigenvalue weighted by atomic mass is 9.81. The predicted molar refractivity (Wildman–Crippen MR) is 183 cm³/mol. The smallest absolute Gasteiger partial charge is 0.338 e. The van der Waals surface area contributed by atoms with Gasteiger partial charge in [-0.3, -0.25) is 23.7 Å². The summed E-state index contributed by atoms with van der Waals surface area (Å²) < 4.78 is 6.49. The second kappa shape index (κ2) is 12.6. The van der Waals surface area contributed by atoms with Crippen LogP contribution in [0.5, 0.6) is 0 Å². The molecule has 0 spiro atoms. The first kappa shape index (κ1) is 32.5. The number of thioether (sulfide) groups is 1. The zero-order valence-corrected chi connectivity index (χ0v) is 28.4. The van der Waals surface area contributed by atoms with Crippen LogP contribution in [0, 0.1) is 12.8 Å². The number of esters is 1. The molecule has 11 heteroatoms. The lowest BCUT2D eigenvalue weighted by molar-refractivity contribution is -0.122. The molecule has 0 bridgehead atoms. The van der Waals surface area contributed by atoms with Gasteiger partial charge in [-0.2, -0.15) is 0 Å². The molecule has 3 aromatic carbocycles. The van der Waals surface area contributed by atoms with E-state index < -0.39 is 29.0 Å². The third-order valence-electron chi connectivity index (χ3n) is 8.43. The number of carbonyl (C=O) groups is 4. The summed E-state index contributed by atoms with van der Waals surface area (Å²) in [5.41, 5.74) is 4.10. The van der Waals surface area contributed by atoms with Gasteiger partial charge >= 0.3 is 10.8 Å². The van der Waals surface area contributed by atoms with Crippen molar-refractivity contribution >= 4 is 58.2 Å². The maximum Gasteiger partial charge on any atom is 0.338 e. The summed E-state index contributed by atoms with van der Waals surface area (Å²) in [6.45, 7) is 9.98. The Morgan fingerprint density at radius 2 is 1.64 bits per heavy atom. The minimum atomic E-state index is -0.827. The zero-order valence-electron chi connectivity index (χ0n) is 26.7. The third-order valence-corrected chi connectivity index (χ3v) is 11.0. The molecule has 3 amide bonds. The van der Waals surface area contributed by atoms with E-state index in [1.165, 1.54) is 21.6 Å². The summed E-state index contributed by atoms with van der Waals surface area (Å²) in [6, 6.07) is 21.6. The SMILES string of the molecule is CCOC(=O)c1ccc(N2C(=O)C3Sc4c(sc(=O)n4CC(=O)Nc4cccc(C)c4)[C@H](c4ccc(C(C)(C)C)cc4)C3C2=O)cc1. The van der Waals surface area contributed by atoms with Crippen molar-refractivity contribution < 1.29 is 23.9 Å². The van der Waals surface area contributed by atoms with Crippen molar-refractivity contribution in [3.8, 4) is 0 Å². The van der Waals surface area contributed by atoms with E-state index in [2.05, 4.69) is 26.1 Å². The van der Waals surface area contributed by atoms with Crippen molar-refractivity contribution in [1.29, 1.82) is 0 Å². The summed E-state index contributed by atoms with van der Waals surface area (Å²) in [7, 11) is 0. The Hall–Kier alpha value is -4.48. The summed E-state index contributed by atoms with van der Waals surface area (Å²) >= 11 is 2.18. The molecule has 9 nitrogen and oxygen atoms in total. The van der Waals surface area contributed by atoms with Gasteiger partial charge in [-0.05, 0) is 72.4 Å². The van der Waals surface area contributed by atoms with Gasteiger partial charge in [-0.15, -0.1) is 0 Å². The van der Waals surface area contributed by atoms with Crippen LogP contribution in [-0.4, -0.2) is 40.1 Å². The molecule has 0 saturated carbocycles. The molecule has 1 saturated heterocycles. The number of hydrogen-bond donors (Lipinski definition) is 1. The third kappa shape index (κ3) is 6.17. The number of fused-ring (bicyclic) bond motifs is 2.